The molecule has 0 fully saturated rings. The summed E-state index contributed by atoms with van der Waals surface area (Å²) in [5.74, 6) is 1.40. The molecule has 1 amide bonds. The first-order chi connectivity index (χ1) is 14.1. The minimum absolute atomic E-state index is 0.212. The quantitative estimate of drug-likeness (QED) is 0.447. The molecule has 0 radical (unpaired) electrons. The van der Waals surface area contributed by atoms with Crippen LogP contribution in [-0.4, -0.2) is 26.0 Å². The number of nitrogens with zero attached hydrogens (tertiary/aromatic N) is 4. The minimum Gasteiger partial charge on any atom is -0.338 e. The third kappa shape index (κ3) is 4.52. The zero-order valence-corrected chi connectivity index (χ0v) is 17.4. The summed E-state index contributed by atoms with van der Waals surface area (Å²) in [6.07, 6.45) is 1.74. The van der Waals surface area contributed by atoms with Crippen molar-refractivity contribution in [3.8, 4) is 10.6 Å². The first-order valence-corrected chi connectivity index (χ1v) is 10.6. The lowest BCUT2D eigenvalue weighted by Gasteiger charge is -2.07. The van der Waals surface area contributed by atoms with Crippen LogP contribution in [0.2, 0.25) is 0 Å². The van der Waals surface area contributed by atoms with Crippen molar-refractivity contribution < 1.29 is 9.32 Å². The summed E-state index contributed by atoms with van der Waals surface area (Å²) in [5.41, 5.74) is 2.24. The third-order valence-corrected chi connectivity index (χ3v) is 6.12. The van der Waals surface area contributed by atoms with Gasteiger partial charge in [0.15, 0.2) is 11.0 Å². The number of hydrogen-bond acceptors (Lipinski definition) is 8. The maximum absolute atomic E-state index is 12.9. The van der Waals surface area contributed by atoms with Crippen molar-refractivity contribution in [1.29, 1.82) is 0 Å². The molecule has 0 aliphatic heterocycles. The van der Waals surface area contributed by atoms with Crippen LogP contribution in [0, 0.1) is 13.8 Å². The molecule has 0 spiro atoms. The van der Waals surface area contributed by atoms with Crippen molar-refractivity contribution in [1.82, 2.24) is 20.1 Å². The first-order valence-electron chi connectivity index (χ1n) is 8.81. The van der Waals surface area contributed by atoms with Gasteiger partial charge in [0, 0.05) is 11.1 Å². The lowest BCUT2D eigenvalue weighted by molar-refractivity contribution is 0.102. The van der Waals surface area contributed by atoms with Gasteiger partial charge in [0.2, 0.25) is 5.89 Å². The van der Waals surface area contributed by atoms with E-state index in [1.807, 2.05) is 43.3 Å². The average molecular weight is 424 g/mol. The van der Waals surface area contributed by atoms with Gasteiger partial charge in [-0.05, 0) is 38.1 Å². The molecular formula is C20H17N5O2S2. The van der Waals surface area contributed by atoms with Gasteiger partial charge in [-0.2, -0.15) is 4.98 Å². The second kappa shape index (κ2) is 8.54. The number of pyridine rings is 1. The number of anilines is 1. The molecule has 0 bridgehead atoms. The Hall–Kier alpha value is -3.04. The van der Waals surface area contributed by atoms with Crippen molar-refractivity contribution in [3.63, 3.8) is 0 Å². The van der Waals surface area contributed by atoms with Crippen LogP contribution in [0.25, 0.3) is 10.6 Å². The van der Waals surface area contributed by atoms with E-state index in [0.717, 1.165) is 21.2 Å². The molecule has 1 N–H and O–H groups in total. The Kier molecular flexibility index (Phi) is 5.68. The lowest BCUT2D eigenvalue weighted by atomic mass is 10.2. The van der Waals surface area contributed by atoms with Crippen LogP contribution in [-0.2, 0) is 5.75 Å². The third-order valence-electron chi connectivity index (χ3n) is 3.97. The molecule has 9 heteroatoms. The van der Waals surface area contributed by atoms with E-state index in [-0.39, 0.29) is 5.91 Å². The lowest BCUT2D eigenvalue weighted by Crippen LogP contribution is -2.12. The molecule has 29 heavy (non-hydrogen) atoms. The molecule has 3 aromatic heterocycles. The molecule has 0 unspecified atom stereocenters. The Balaban J connectivity index is 1.50. The molecule has 0 aliphatic rings. The zero-order valence-electron chi connectivity index (χ0n) is 15.7. The molecule has 1 aromatic carbocycles. The highest BCUT2D eigenvalue weighted by molar-refractivity contribution is 7.98. The van der Waals surface area contributed by atoms with Crippen LogP contribution in [0.15, 0.2) is 58.1 Å². The van der Waals surface area contributed by atoms with Gasteiger partial charge in [0.1, 0.15) is 0 Å². The van der Waals surface area contributed by atoms with Gasteiger partial charge in [0.25, 0.3) is 5.91 Å². The normalized spacial score (nSPS) is 10.8. The number of hydrogen-bond donors (Lipinski definition) is 1. The van der Waals surface area contributed by atoms with Crippen LogP contribution in [0.4, 0.5) is 5.13 Å². The van der Waals surface area contributed by atoms with Gasteiger partial charge >= 0.3 is 0 Å². The summed E-state index contributed by atoms with van der Waals surface area (Å²) >= 11 is 2.88. The smallest absolute Gasteiger partial charge is 0.258 e. The number of rotatable bonds is 6. The van der Waals surface area contributed by atoms with Gasteiger partial charge in [-0.1, -0.05) is 34.7 Å². The first kappa shape index (κ1) is 19.3. The highest BCUT2D eigenvalue weighted by Gasteiger charge is 2.16. The number of aryl methyl sites for hydroxylation is 2. The van der Waals surface area contributed by atoms with Crippen LogP contribution in [0.1, 0.15) is 27.8 Å². The van der Waals surface area contributed by atoms with Crippen molar-refractivity contribution in [3.05, 3.63) is 71.6 Å². The maximum Gasteiger partial charge on any atom is 0.258 e. The number of thiazole rings is 1. The summed E-state index contributed by atoms with van der Waals surface area (Å²) in [7, 11) is 0. The number of amides is 1. The highest BCUT2D eigenvalue weighted by atomic mass is 32.2. The zero-order chi connectivity index (χ0) is 20.2. The van der Waals surface area contributed by atoms with E-state index in [1.165, 1.54) is 23.1 Å². The van der Waals surface area contributed by atoms with E-state index in [2.05, 4.69) is 25.4 Å². The molecule has 0 saturated carbocycles. The van der Waals surface area contributed by atoms with E-state index in [0.29, 0.717) is 28.2 Å². The Morgan fingerprint density at radius 1 is 1.14 bits per heavy atom. The van der Waals surface area contributed by atoms with Crippen LogP contribution in [0.5, 0.6) is 0 Å². The van der Waals surface area contributed by atoms with Gasteiger partial charge in [-0.25, -0.2) is 4.98 Å². The molecule has 0 atom stereocenters. The average Bonchev–Trinajstić information content (AvgIpc) is 3.32. The predicted molar refractivity (Wildman–Crippen MR) is 113 cm³/mol. The van der Waals surface area contributed by atoms with Gasteiger partial charge < -0.3 is 4.52 Å². The minimum atomic E-state index is -0.212. The number of benzene rings is 1. The molecule has 7 nitrogen and oxygen atoms in total. The molecule has 0 saturated heterocycles. The number of aromatic nitrogens is 4. The number of carbonyl (C=O) groups excluding carboxylic acids is 1. The highest BCUT2D eigenvalue weighted by Crippen LogP contribution is 2.32. The largest absolute Gasteiger partial charge is 0.338 e. The van der Waals surface area contributed by atoms with E-state index in [4.69, 9.17) is 4.52 Å². The standard InChI is InChI=1S/C20H17N5O2S2/c1-12-18(15-8-5-6-10-21-15)29-20(22-12)24-19(26)14-7-3-4-9-16(14)28-11-17-23-13(2)25-27-17/h3-10H,11H2,1-2H3,(H,22,24,26). The summed E-state index contributed by atoms with van der Waals surface area (Å²) in [4.78, 5) is 27.7. The molecule has 3 heterocycles. The fraction of sp³-hybridized carbons (Fsp3) is 0.150. The molecule has 4 rings (SSSR count). The van der Waals surface area contributed by atoms with Crippen molar-refractivity contribution >= 4 is 34.1 Å². The Bertz CT molecular complexity index is 1140. The van der Waals surface area contributed by atoms with Crippen molar-refractivity contribution in [2.75, 3.05) is 5.32 Å². The maximum atomic E-state index is 12.9. The number of carbonyl (C=O) groups is 1. The van der Waals surface area contributed by atoms with E-state index < -0.39 is 0 Å². The fourth-order valence-electron chi connectivity index (χ4n) is 2.67. The summed E-state index contributed by atoms with van der Waals surface area (Å²) in [6.45, 7) is 3.68. The van der Waals surface area contributed by atoms with Gasteiger partial charge in [0.05, 0.1) is 27.6 Å². The predicted octanol–water partition coefficient (Wildman–Crippen LogP) is 4.75. The molecule has 146 valence electrons. The summed E-state index contributed by atoms with van der Waals surface area (Å²) in [6, 6.07) is 13.1. The second-order valence-electron chi connectivity index (χ2n) is 6.12. The Labute approximate surface area is 175 Å². The topological polar surface area (TPSA) is 93.8 Å². The number of nitrogens with one attached hydrogen (secondary N) is 1. The fourth-order valence-corrected chi connectivity index (χ4v) is 4.49. The van der Waals surface area contributed by atoms with Crippen molar-refractivity contribution in [2.45, 2.75) is 24.5 Å². The van der Waals surface area contributed by atoms with Gasteiger partial charge in [-0.15, -0.1) is 11.8 Å². The number of thioether (sulfide) groups is 1. The second-order valence-corrected chi connectivity index (χ2v) is 8.14. The Morgan fingerprint density at radius 2 is 1.97 bits per heavy atom. The van der Waals surface area contributed by atoms with E-state index >= 15 is 0 Å². The molecular weight excluding hydrogens is 406 g/mol. The summed E-state index contributed by atoms with van der Waals surface area (Å²) in [5, 5.41) is 7.24. The van der Waals surface area contributed by atoms with Crippen LogP contribution >= 0.6 is 23.1 Å². The van der Waals surface area contributed by atoms with E-state index in [9.17, 15) is 4.79 Å². The van der Waals surface area contributed by atoms with Crippen molar-refractivity contribution in [2.24, 2.45) is 0 Å². The molecule has 4 aromatic rings. The van der Waals surface area contributed by atoms with Gasteiger partial charge in [-0.3, -0.25) is 15.1 Å². The summed E-state index contributed by atoms with van der Waals surface area (Å²) < 4.78 is 5.14. The van der Waals surface area contributed by atoms with Crippen LogP contribution < -0.4 is 5.32 Å². The molecule has 0 aliphatic carbocycles. The SMILES string of the molecule is Cc1noc(CSc2ccccc2C(=O)Nc2nc(C)c(-c3ccccn3)s2)n1. The monoisotopic (exact) mass is 423 g/mol. The van der Waals surface area contributed by atoms with E-state index in [1.54, 1.807) is 19.2 Å². The van der Waals surface area contributed by atoms with Crippen LogP contribution in [0.3, 0.4) is 0 Å². The Morgan fingerprint density at radius 3 is 2.72 bits per heavy atom.